The highest BCUT2D eigenvalue weighted by Gasteiger charge is 2.19. The number of rotatable bonds is 7. The van der Waals surface area contributed by atoms with E-state index in [2.05, 4.69) is 31.1 Å². The van der Waals surface area contributed by atoms with Crippen LogP contribution in [0, 0.1) is 5.92 Å². The Morgan fingerprint density at radius 3 is 2.62 bits per heavy atom. The van der Waals surface area contributed by atoms with Crippen molar-refractivity contribution in [1.29, 1.82) is 0 Å². The van der Waals surface area contributed by atoms with Crippen LogP contribution in [0.25, 0.3) is 0 Å². The van der Waals surface area contributed by atoms with E-state index in [0.29, 0.717) is 12.0 Å². The first-order valence-electron chi connectivity index (χ1n) is 7.32. The first-order chi connectivity index (χ1) is 9.97. The minimum absolute atomic E-state index is 0.140. The van der Waals surface area contributed by atoms with Crippen molar-refractivity contribution >= 4 is 17.1 Å². The van der Waals surface area contributed by atoms with E-state index < -0.39 is 0 Å². The lowest BCUT2D eigenvalue weighted by atomic mass is 10.0. The maximum atomic E-state index is 11.4. The van der Waals surface area contributed by atoms with Crippen LogP contribution in [0.5, 0.6) is 0 Å². The molecule has 2 rings (SSSR count). The average Bonchev–Trinajstić information content (AvgIpc) is 3.08. The number of furan rings is 1. The molecular formula is C17H23NO2S. The van der Waals surface area contributed by atoms with Gasteiger partial charge in [0.05, 0.1) is 17.7 Å². The van der Waals surface area contributed by atoms with E-state index in [1.54, 1.807) is 13.2 Å². The Bertz CT molecular complexity index is 571. The first kappa shape index (κ1) is 16.0. The van der Waals surface area contributed by atoms with Gasteiger partial charge in [0.15, 0.2) is 5.78 Å². The van der Waals surface area contributed by atoms with Gasteiger partial charge >= 0.3 is 0 Å². The molecule has 21 heavy (non-hydrogen) atoms. The van der Waals surface area contributed by atoms with Crippen molar-refractivity contribution in [3.8, 4) is 0 Å². The Kier molecular flexibility index (Phi) is 5.37. The standard InChI is InChI=1S/C17H23NO2S/c1-12(2)13(3)18(10-16-6-5-7-20-16)9-15-8-17(14(4)19)21-11-15/h5-8,11-13H,9-10H2,1-4H3/t13-/m1/s1. The molecule has 0 saturated heterocycles. The SMILES string of the molecule is CC(=O)c1cc(CN(Cc2ccco2)[C@H](C)C(C)C)cs1. The van der Waals surface area contributed by atoms with Gasteiger partial charge in [0.25, 0.3) is 0 Å². The Morgan fingerprint density at radius 1 is 1.33 bits per heavy atom. The van der Waals surface area contributed by atoms with Gasteiger partial charge in [-0.15, -0.1) is 11.3 Å². The van der Waals surface area contributed by atoms with E-state index in [1.807, 2.05) is 18.2 Å². The van der Waals surface area contributed by atoms with Gasteiger partial charge < -0.3 is 4.42 Å². The van der Waals surface area contributed by atoms with Crippen LogP contribution in [-0.4, -0.2) is 16.7 Å². The molecule has 0 saturated carbocycles. The molecule has 2 heterocycles. The highest BCUT2D eigenvalue weighted by molar-refractivity contribution is 7.12. The van der Waals surface area contributed by atoms with Gasteiger partial charge in [0.2, 0.25) is 0 Å². The Labute approximate surface area is 130 Å². The lowest BCUT2D eigenvalue weighted by Crippen LogP contribution is -2.35. The second kappa shape index (κ2) is 7.05. The van der Waals surface area contributed by atoms with Gasteiger partial charge in [-0.25, -0.2) is 0 Å². The number of hydrogen-bond donors (Lipinski definition) is 0. The predicted octanol–water partition coefficient (Wildman–Crippen LogP) is 4.59. The third-order valence-corrected chi connectivity index (χ3v) is 4.95. The number of ketones is 1. The quantitative estimate of drug-likeness (QED) is 0.701. The van der Waals surface area contributed by atoms with Crippen LogP contribution in [0.15, 0.2) is 34.3 Å². The number of nitrogens with zero attached hydrogens (tertiary/aromatic N) is 1. The third kappa shape index (κ3) is 4.29. The molecule has 2 aromatic heterocycles. The van der Waals surface area contributed by atoms with Crippen LogP contribution in [0.2, 0.25) is 0 Å². The maximum absolute atomic E-state index is 11.4. The molecule has 0 fully saturated rings. The maximum Gasteiger partial charge on any atom is 0.169 e. The van der Waals surface area contributed by atoms with Crippen molar-refractivity contribution in [2.75, 3.05) is 0 Å². The number of carbonyl (C=O) groups excluding carboxylic acids is 1. The van der Waals surface area contributed by atoms with E-state index in [-0.39, 0.29) is 5.78 Å². The van der Waals surface area contributed by atoms with Crippen LogP contribution in [-0.2, 0) is 13.1 Å². The molecule has 0 bridgehead atoms. The van der Waals surface area contributed by atoms with Gasteiger partial charge in [0, 0.05) is 12.6 Å². The highest BCUT2D eigenvalue weighted by Crippen LogP contribution is 2.22. The average molecular weight is 305 g/mol. The number of hydrogen-bond acceptors (Lipinski definition) is 4. The highest BCUT2D eigenvalue weighted by atomic mass is 32.1. The fourth-order valence-corrected chi connectivity index (χ4v) is 3.05. The number of thiophene rings is 1. The van der Waals surface area contributed by atoms with Crippen LogP contribution < -0.4 is 0 Å². The van der Waals surface area contributed by atoms with E-state index in [4.69, 9.17) is 4.42 Å². The molecular weight excluding hydrogens is 282 g/mol. The molecule has 0 radical (unpaired) electrons. The summed E-state index contributed by atoms with van der Waals surface area (Å²) in [5.74, 6) is 1.68. The fraction of sp³-hybridized carbons (Fsp3) is 0.471. The van der Waals surface area contributed by atoms with Gasteiger partial charge in [-0.1, -0.05) is 13.8 Å². The van der Waals surface area contributed by atoms with Crippen LogP contribution in [0.4, 0.5) is 0 Å². The van der Waals surface area contributed by atoms with Crippen molar-refractivity contribution in [3.05, 3.63) is 46.0 Å². The number of Topliss-reactive ketones (excluding diaryl/α,β-unsaturated/α-hetero) is 1. The van der Waals surface area contributed by atoms with Gasteiger partial charge in [-0.2, -0.15) is 0 Å². The summed E-state index contributed by atoms with van der Waals surface area (Å²) in [4.78, 5) is 14.7. The Morgan fingerprint density at radius 2 is 2.10 bits per heavy atom. The lowest BCUT2D eigenvalue weighted by Gasteiger charge is -2.30. The van der Waals surface area contributed by atoms with E-state index in [0.717, 1.165) is 23.7 Å². The van der Waals surface area contributed by atoms with Gasteiger partial charge in [0.1, 0.15) is 5.76 Å². The normalized spacial score (nSPS) is 13.0. The zero-order valence-electron chi connectivity index (χ0n) is 13.1. The van der Waals surface area contributed by atoms with Crippen LogP contribution in [0.3, 0.4) is 0 Å². The first-order valence-corrected chi connectivity index (χ1v) is 8.20. The van der Waals surface area contributed by atoms with E-state index >= 15 is 0 Å². The second-order valence-electron chi connectivity index (χ2n) is 5.84. The molecule has 4 heteroatoms. The summed E-state index contributed by atoms with van der Waals surface area (Å²) in [6.07, 6.45) is 1.71. The summed E-state index contributed by atoms with van der Waals surface area (Å²) < 4.78 is 5.48. The molecule has 1 atom stereocenters. The molecule has 114 valence electrons. The van der Waals surface area contributed by atoms with Crippen LogP contribution >= 0.6 is 11.3 Å². The molecule has 0 aliphatic rings. The summed E-state index contributed by atoms with van der Waals surface area (Å²) in [6.45, 7) is 9.95. The number of carbonyl (C=O) groups is 1. The van der Waals surface area contributed by atoms with Crippen molar-refractivity contribution in [2.24, 2.45) is 5.92 Å². The Hall–Kier alpha value is -1.39. The van der Waals surface area contributed by atoms with E-state index in [1.165, 1.54) is 16.9 Å². The van der Waals surface area contributed by atoms with Crippen molar-refractivity contribution in [1.82, 2.24) is 4.90 Å². The zero-order chi connectivity index (χ0) is 15.4. The Balaban J connectivity index is 2.12. The largest absolute Gasteiger partial charge is 0.468 e. The summed E-state index contributed by atoms with van der Waals surface area (Å²) in [5.41, 5.74) is 1.20. The predicted molar refractivity (Wildman–Crippen MR) is 86.6 cm³/mol. The molecule has 3 nitrogen and oxygen atoms in total. The van der Waals surface area contributed by atoms with Crippen molar-refractivity contribution in [2.45, 2.75) is 46.8 Å². The zero-order valence-corrected chi connectivity index (χ0v) is 13.9. The molecule has 0 unspecified atom stereocenters. The summed E-state index contributed by atoms with van der Waals surface area (Å²) >= 11 is 1.53. The lowest BCUT2D eigenvalue weighted by molar-refractivity contribution is 0.102. The fourth-order valence-electron chi connectivity index (χ4n) is 2.25. The molecule has 0 aromatic carbocycles. The van der Waals surface area contributed by atoms with Crippen LogP contribution in [0.1, 0.15) is 48.7 Å². The smallest absolute Gasteiger partial charge is 0.169 e. The minimum Gasteiger partial charge on any atom is -0.468 e. The molecule has 2 aromatic rings. The van der Waals surface area contributed by atoms with Crippen molar-refractivity contribution in [3.63, 3.8) is 0 Å². The molecule has 0 spiro atoms. The van der Waals surface area contributed by atoms with Gasteiger partial charge in [-0.3, -0.25) is 9.69 Å². The second-order valence-corrected chi connectivity index (χ2v) is 6.76. The third-order valence-electron chi connectivity index (χ3n) is 3.87. The summed E-state index contributed by atoms with van der Waals surface area (Å²) in [7, 11) is 0. The molecule has 0 aliphatic heterocycles. The molecule has 0 N–H and O–H groups in total. The monoisotopic (exact) mass is 305 g/mol. The summed E-state index contributed by atoms with van der Waals surface area (Å²) in [6, 6.07) is 6.38. The topological polar surface area (TPSA) is 33.5 Å². The molecule has 0 amide bonds. The van der Waals surface area contributed by atoms with Gasteiger partial charge in [-0.05, 0) is 48.9 Å². The van der Waals surface area contributed by atoms with Crippen molar-refractivity contribution < 1.29 is 9.21 Å². The molecule has 0 aliphatic carbocycles. The minimum atomic E-state index is 0.140. The summed E-state index contributed by atoms with van der Waals surface area (Å²) in [5, 5.41) is 2.08. The van der Waals surface area contributed by atoms with E-state index in [9.17, 15) is 4.79 Å².